The zero-order chi connectivity index (χ0) is 15.6. The third-order valence-corrected chi connectivity index (χ3v) is 3.21. The van der Waals surface area contributed by atoms with E-state index in [2.05, 4.69) is 5.32 Å². The van der Waals surface area contributed by atoms with Crippen LogP contribution in [0.4, 0.5) is 5.69 Å². The first kappa shape index (κ1) is 14.8. The van der Waals surface area contributed by atoms with Crippen molar-refractivity contribution in [1.29, 1.82) is 0 Å². The number of para-hydroxylation sites is 1. The zero-order valence-electron chi connectivity index (χ0n) is 12.1. The van der Waals surface area contributed by atoms with Gasteiger partial charge in [0.1, 0.15) is 0 Å². The summed E-state index contributed by atoms with van der Waals surface area (Å²) in [4.78, 5) is 22.9. The second kappa shape index (κ2) is 5.83. The Labute approximate surface area is 122 Å². The van der Waals surface area contributed by atoms with Crippen LogP contribution in [0, 0.1) is 6.92 Å². The Bertz CT molecular complexity index is 685. The predicted octanol–water partition coefficient (Wildman–Crippen LogP) is 3.66. The summed E-state index contributed by atoms with van der Waals surface area (Å²) in [5.41, 5.74) is 2.71. The molecule has 0 saturated heterocycles. The van der Waals surface area contributed by atoms with Crippen LogP contribution >= 0.6 is 0 Å². The van der Waals surface area contributed by atoms with Crippen LogP contribution in [0.5, 0.6) is 0 Å². The summed E-state index contributed by atoms with van der Waals surface area (Å²) >= 11 is 0. The highest BCUT2D eigenvalue weighted by molar-refractivity contribution is 6.03. The molecule has 110 valence electrons. The van der Waals surface area contributed by atoms with Crippen molar-refractivity contribution in [2.45, 2.75) is 26.7 Å². The lowest BCUT2D eigenvalue weighted by Gasteiger charge is -2.15. The molecule has 2 aromatic rings. The molecular weight excluding hydrogens is 270 g/mol. The number of rotatable bonds is 4. The summed E-state index contributed by atoms with van der Waals surface area (Å²) < 4.78 is 5.01. The van der Waals surface area contributed by atoms with Crippen LogP contribution in [0.25, 0.3) is 0 Å². The van der Waals surface area contributed by atoms with E-state index in [-0.39, 0.29) is 17.4 Å². The number of carboxylic acids is 1. The van der Waals surface area contributed by atoms with Gasteiger partial charge in [-0.2, -0.15) is 0 Å². The number of aromatic carboxylic acids is 1. The minimum Gasteiger partial charge on any atom is -0.475 e. The first-order chi connectivity index (χ1) is 9.90. The third kappa shape index (κ3) is 3.13. The summed E-state index contributed by atoms with van der Waals surface area (Å²) in [7, 11) is 0. The van der Waals surface area contributed by atoms with Crippen molar-refractivity contribution >= 4 is 17.6 Å². The first-order valence-corrected chi connectivity index (χ1v) is 6.64. The van der Waals surface area contributed by atoms with E-state index < -0.39 is 11.9 Å². The van der Waals surface area contributed by atoms with E-state index in [1.165, 1.54) is 12.1 Å². The highest BCUT2D eigenvalue weighted by Gasteiger charge is 2.17. The van der Waals surface area contributed by atoms with Crippen molar-refractivity contribution in [1.82, 2.24) is 0 Å². The zero-order valence-corrected chi connectivity index (χ0v) is 12.1. The molecule has 2 N–H and O–H groups in total. The van der Waals surface area contributed by atoms with Gasteiger partial charge in [-0.1, -0.05) is 32.0 Å². The summed E-state index contributed by atoms with van der Waals surface area (Å²) in [5.74, 6) is -1.68. The summed E-state index contributed by atoms with van der Waals surface area (Å²) in [6.07, 6.45) is 0. The molecule has 0 radical (unpaired) electrons. The van der Waals surface area contributed by atoms with E-state index in [4.69, 9.17) is 9.52 Å². The molecule has 0 spiro atoms. The molecule has 0 bridgehead atoms. The van der Waals surface area contributed by atoms with E-state index in [0.29, 0.717) is 0 Å². The molecule has 21 heavy (non-hydrogen) atoms. The number of anilines is 1. The number of carbonyl (C=O) groups excluding carboxylic acids is 1. The van der Waals surface area contributed by atoms with Crippen LogP contribution in [0.2, 0.25) is 0 Å². The maximum Gasteiger partial charge on any atom is 0.371 e. The number of amides is 1. The fraction of sp³-hybridized carbons (Fsp3) is 0.250. The number of hydrogen-bond donors (Lipinski definition) is 2. The number of nitrogens with one attached hydrogen (secondary N) is 1. The standard InChI is InChI=1S/C16H17NO4/c1-9(2)11-6-4-5-10(3)14(11)17-15(18)12-7-8-13(21-12)16(19)20/h4-9H,1-3H3,(H,17,18)(H,19,20). The smallest absolute Gasteiger partial charge is 0.371 e. The van der Waals surface area contributed by atoms with Crippen molar-refractivity contribution in [3.63, 3.8) is 0 Å². The van der Waals surface area contributed by atoms with Crippen LogP contribution in [0.3, 0.4) is 0 Å². The molecule has 1 aromatic carbocycles. The van der Waals surface area contributed by atoms with Crippen LogP contribution in [0.15, 0.2) is 34.7 Å². The monoisotopic (exact) mass is 287 g/mol. The number of furan rings is 1. The number of carbonyl (C=O) groups is 2. The van der Waals surface area contributed by atoms with E-state index >= 15 is 0 Å². The van der Waals surface area contributed by atoms with Crippen molar-refractivity contribution in [3.8, 4) is 0 Å². The van der Waals surface area contributed by atoms with Gasteiger partial charge in [-0.05, 0) is 36.1 Å². The molecule has 1 amide bonds. The quantitative estimate of drug-likeness (QED) is 0.899. The largest absolute Gasteiger partial charge is 0.475 e. The number of carboxylic acid groups (broad SMARTS) is 1. The highest BCUT2D eigenvalue weighted by Crippen LogP contribution is 2.28. The van der Waals surface area contributed by atoms with Gasteiger partial charge in [0.2, 0.25) is 5.76 Å². The molecule has 1 heterocycles. The third-order valence-electron chi connectivity index (χ3n) is 3.21. The second-order valence-electron chi connectivity index (χ2n) is 5.12. The molecule has 5 heteroatoms. The van der Waals surface area contributed by atoms with E-state index in [1.54, 1.807) is 0 Å². The maximum atomic E-state index is 12.2. The topological polar surface area (TPSA) is 79.5 Å². The Morgan fingerprint density at radius 2 is 1.81 bits per heavy atom. The predicted molar refractivity (Wildman–Crippen MR) is 78.9 cm³/mol. The van der Waals surface area contributed by atoms with Gasteiger partial charge in [0.15, 0.2) is 5.76 Å². The Kier molecular flexibility index (Phi) is 4.12. The van der Waals surface area contributed by atoms with Crippen LogP contribution in [0.1, 0.15) is 52.0 Å². The van der Waals surface area contributed by atoms with Gasteiger partial charge < -0.3 is 14.8 Å². The molecule has 0 aliphatic heterocycles. The maximum absolute atomic E-state index is 12.2. The summed E-state index contributed by atoms with van der Waals surface area (Å²) in [5, 5.41) is 11.6. The van der Waals surface area contributed by atoms with Crippen LogP contribution in [-0.4, -0.2) is 17.0 Å². The molecule has 0 unspecified atom stereocenters. The molecule has 0 aliphatic carbocycles. The Balaban J connectivity index is 2.29. The molecule has 0 saturated carbocycles. The highest BCUT2D eigenvalue weighted by atomic mass is 16.4. The molecular formula is C16H17NO4. The lowest BCUT2D eigenvalue weighted by molar-refractivity contribution is 0.0660. The van der Waals surface area contributed by atoms with Gasteiger partial charge in [0.05, 0.1) is 0 Å². The SMILES string of the molecule is Cc1cccc(C(C)C)c1NC(=O)c1ccc(C(=O)O)o1. The Hall–Kier alpha value is -2.56. The van der Waals surface area contributed by atoms with Crippen molar-refractivity contribution in [3.05, 3.63) is 53.0 Å². The first-order valence-electron chi connectivity index (χ1n) is 6.64. The average molecular weight is 287 g/mol. The molecule has 1 aromatic heterocycles. The Morgan fingerprint density at radius 1 is 1.14 bits per heavy atom. The van der Waals surface area contributed by atoms with Gasteiger partial charge in [-0.25, -0.2) is 4.79 Å². The van der Waals surface area contributed by atoms with Crippen LogP contribution < -0.4 is 5.32 Å². The van der Waals surface area contributed by atoms with E-state index in [0.717, 1.165) is 16.8 Å². The van der Waals surface area contributed by atoms with E-state index in [1.807, 2.05) is 39.0 Å². The molecule has 2 rings (SSSR count). The molecule has 0 aliphatic rings. The fourth-order valence-corrected chi connectivity index (χ4v) is 2.09. The lowest BCUT2D eigenvalue weighted by atomic mass is 9.98. The normalized spacial score (nSPS) is 10.7. The van der Waals surface area contributed by atoms with Gasteiger partial charge in [0.25, 0.3) is 5.91 Å². The van der Waals surface area contributed by atoms with Gasteiger partial charge >= 0.3 is 5.97 Å². The van der Waals surface area contributed by atoms with Crippen LogP contribution in [-0.2, 0) is 0 Å². The molecule has 5 nitrogen and oxygen atoms in total. The lowest BCUT2D eigenvalue weighted by Crippen LogP contribution is -2.14. The minimum atomic E-state index is -1.20. The van der Waals surface area contributed by atoms with Crippen molar-refractivity contribution in [2.24, 2.45) is 0 Å². The number of hydrogen-bond acceptors (Lipinski definition) is 3. The summed E-state index contributed by atoms with van der Waals surface area (Å²) in [6.45, 7) is 5.99. The molecule has 0 fully saturated rings. The summed E-state index contributed by atoms with van der Waals surface area (Å²) in [6, 6.07) is 8.42. The second-order valence-corrected chi connectivity index (χ2v) is 5.12. The van der Waals surface area contributed by atoms with Crippen molar-refractivity contribution in [2.75, 3.05) is 5.32 Å². The minimum absolute atomic E-state index is 0.0228. The number of benzene rings is 1. The van der Waals surface area contributed by atoms with Gasteiger partial charge in [0, 0.05) is 5.69 Å². The number of aryl methyl sites for hydroxylation is 1. The molecule has 0 atom stereocenters. The average Bonchev–Trinajstić information content (AvgIpc) is 2.90. The van der Waals surface area contributed by atoms with Gasteiger partial charge in [-0.15, -0.1) is 0 Å². The van der Waals surface area contributed by atoms with Crippen molar-refractivity contribution < 1.29 is 19.1 Å². The van der Waals surface area contributed by atoms with E-state index in [9.17, 15) is 9.59 Å². The Morgan fingerprint density at radius 3 is 2.38 bits per heavy atom. The fourth-order valence-electron chi connectivity index (χ4n) is 2.09. The van der Waals surface area contributed by atoms with Gasteiger partial charge in [-0.3, -0.25) is 4.79 Å².